The van der Waals surface area contributed by atoms with Crippen molar-refractivity contribution < 1.29 is 8.84 Å². The second-order valence-electron chi connectivity index (χ2n) is 5.91. The fraction of sp³-hybridized carbons (Fsp3) is 0.312. The monoisotopic (exact) mass is 287 g/mol. The highest BCUT2D eigenvalue weighted by Crippen LogP contribution is 2.30. The minimum atomic E-state index is -1.66. The molecule has 0 aliphatic heterocycles. The van der Waals surface area contributed by atoms with E-state index in [9.17, 15) is 0 Å². The Bertz CT molecular complexity index is 624. The quantitative estimate of drug-likeness (QED) is 0.594. The van der Waals surface area contributed by atoms with Crippen molar-refractivity contribution in [3.05, 3.63) is 47.4 Å². The lowest BCUT2D eigenvalue weighted by atomic mass is 10.2. The summed E-state index contributed by atoms with van der Waals surface area (Å²) in [6.07, 6.45) is 3.42. The van der Waals surface area contributed by atoms with Crippen LogP contribution in [-0.4, -0.2) is 14.5 Å². The van der Waals surface area contributed by atoms with E-state index in [2.05, 4.69) is 31.6 Å². The molecule has 3 nitrogen and oxygen atoms in total. The smallest absolute Gasteiger partial charge is 0.242 e. The number of furan rings is 1. The van der Waals surface area contributed by atoms with Crippen molar-refractivity contribution in [2.24, 2.45) is 4.99 Å². The maximum atomic E-state index is 6.11. The second-order valence-corrected chi connectivity index (χ2v) is 10.3. The van der Waals surface area contributed by atoms with Gasteiger partial charge in [-0.1, -0.05) is 6.07 Å². The van der Waals surface area contributed by atoms with Crippen LogP contribution in [0.3, 0.4) is 0 Å². The molecule has 0 unspecified atom stereocenters. The first-order valence-corrected chi connectivity index (χ1v) is 10.1. The number of hydrogen-bond acceptors (Lipinski definition) is 3. The van der Waals surface area contributed by atoms with Gasteiger partial charge in [0, 0.05) is 0 Å². The summed E-state index contributed by atoms with van der Waals surface area (Å²) >= 11 is 0. The van der Waals surface area contributed by atoms with Crippen LogP contribution < -0.4 is 4.43 Å². The number of benzene rings is 1. The summed E-state index contributed by atoms with van der Waals surface area (Å²) in [5.74, 6) is 1.63. The van der Waals surface area contributed by atoms with Gasteiger partial charge >= 0.3 is 0 Å². The first kappa shape index (κ1) is 14.6. The van der Waals surface area contributed by atoms with Crippen LogP contribution in [0.4, 0.5) is 5.69 Å². The lowest BCUT2D eigenvalue weighted by Gasteiger charge is -2.20. The molecule has 0 N–H and O–H groups in total. The Labute approximate surface area is 121 Å². The van der Waals surface area contributed by atoms with Crippen LogP contribution in [0.2, 0.25) is 19.6 Å². The summed E-state index contributed by atoms with van der Waals surface area (Å²) in [5, 5.41) is 0. The molecule has 0 radical (unpaired) electrons. The van der Waals surface area contributed by atoms with Crippen molar-refractivity contribution in [3.8, 4) is 5.75 Å². The highest BCUT2D eigenvalue weighted by Gasteiger charge is 2.18. The third-order valence-corrected chi connectivity index (χ3v) is 3.59. The summed E-state index contributed by atoms with van der Waals surface area (Å²) in [4.78, 5) is 4.51. The van der Waals surface area contributed by atoms with Gasteiger partial charge in [0.2, 0.25) is 8.32 Å². The molecular formula is C16H21NO2Si. The average molecular weight is 287 g/mol. The van der Waals surface area contributed by atoms with Crippen molar-refractivity contribution >= 4 is 20.2 Å². The van der Waals surface area contributed by atoms with Gasteiger partial charge in [0.1, 0.15) is 17.2 Å². The fourth-order valence-corrected chi connectivity index (χ4v) is 2.61. The molecule has 0 bridgehead atoms. The zero-order valence-corrected chi connectivity index (χ0v) is 13.7. The van der Waals surface area contributed by atoms with Gasteiger partial charge in [0.05, 0.1) is 12.5 Å². The summed E-state index contributed by atoms with van der Waals surface area (Å²) in [6.45, 7) is 10.6. The van der Waals surface area contributed by atoms with Gasteiger partial charge in [0.15, 0.2) is 0 Å². The van der Waals surface area contributed by atoms with Gasteiger partial charge in [-0.2, -0.15) is 0 Å². The van der Waals surface area contributed by atoms with Crippen LogP contribution in [0.15, 0.2) is 39.9 Å². The standard InChI is InChI=1S/C16H21NO2Si/c1-12-6-7-14(15(10-12)19-20(3,4)5)17-11-16-13(2)8-9-18-16/h6-11H,1-5H3. The Hall–Kier alpha value is -1.81. The minimum absolute atomic E-state index is 0.782. The molecule has 0 aliphatic carbocycles. The maximum absolute atomic E-state index is 6.11. The zero-order valence-electron chi connectivity index (χ0n) is 12.7. The lowest BCUT2D eigenvalue weighted by molar-refractivity contribution is 0.556. The number of nitrogens with zero attached hydrogens (tertiary/aromatic N) is 1. The zero-order chi connectivity index (χ0) is 14.8. The maximum Gasteiger partial charge on any atom is 0.242 e. The highest BCUT2D eigenvalue weighted by atomic mass is 28.4. The van der Waals surface area contributed by atoms with Crippen LogP contribution in [0.5, 0.6) is 5.75 Å². The predicted octanol–water partition coefficient (Wildman–Crippen LogP) is 4.86. The van der Waals surface area contributed by atoms with Crippen LogP contribution in [-0.2, 0) is 0 Å². The normalized spacial score (nSPS) is 12.1. The van der Waals surface area contributed by atoms with E-state index in [1.165, 1.54) is 5.56 Å². The van der Waals surface area contributed by atoms with E-state index in [1.807, 2.05) is 31.2 Å². The highest BCUT2D eigenvalue weighted by molar-refractivity contribution is 6.70. The lowest BCUT2D eigenvalue weighted by Crippen LogP contribution is -2.29. The Morgan fingerprint density at radius 1 is 1.15 bits per heavy atom. The fourth-order valence-electron chi connectivity index (χ4n) is 1.78. The minimum Gasteiger partial charge on any atom is -0.543 e. The largest absolute Gasteiger partial charge is 0.543 e. The molecule has 0 aliphatic rings. The Balaban J connectivity index is 2.32. The van der Waals surface area contributed by atoms with Crippen LogP contribution in [0.25, 0.3) is 0 Å². The Kier molecular flexibility index (Phi) is 4.14. The van der Waals surface area contributed by atoms with Crippen molar-refractivity contribution in [2.75, 3.05) is 0 Å². The van der Waals surface area contributed by atoms with Crippen LogP contribution in [0, 0.1) is 13.8 Å². The summed E-state index contributed by atoms with van der Waals surface area (Å²) in [5.41, 5.74) is 3.09. The predicted molar refractivity (Wildman–Crippen MR) is 85.9 cm³/mol. The van der Waals surface area contributed by atoms with E-state index < -0.39 is 8.32 Å². The van der Waals surface area contributed by atoms with E-state index >= 15 is 0 Å². The van der Waals surface area contributed by atoms with Gasteiger partial charge in [-0.3, -0.25) is 0 Å². The molecular weight excluding hydrogens is 266 g/mol. The second kappa shape index (κ2) is 5.67. The molecule has 2 aromatic rings. The summed E-state index contributed by atoms with van der Waals surface area (Å²) in [7, 11) is -1.66. The summed E-state index contributed by atoms with van der Waals surface area (Å²) in [6, 6.07) is 7.99. The molecule has 0 saturated carbocycles. The molecule has 0 saturated heterocycles. The first-order chi connectivity index (χ1) is 9.35. The Morgan fingerprint density at radius 3 is 2.50 bits per heavy atom. The van der Waals surface area contributed by atoms with Crippen molar-refractivity contribution in [1.82, 2.24) is 0 Å². The average Bonchev–Trinajstić information content (AvgIpc) is 2.72. The van der Waals surface area contributed by atoms with Crippen molar-refractivity contribution in [1.29, 1.82) is 0 Å². The molecule has 1 heterocycles. The number of aliphatic imine (C=N–C) groups is 1. The van der Waals surface area contributed by atoms with Gasteiger partial charge in [-0.15, -0.1) is 0 Å². The van der Waals surface area contributed by atoms with Crippen molar-refractivity contribution in [2.45, 2.75) is 33.5 Å². The summed E-state index contributed by atoms with van der Waals surface area (Å²) < 4.78 is 11.5. The van der Waals surface area contributed by atoms with Gasteiger partial charge in [-0.25, -0.2) is 4.99 Å². The molecule has 1 aromatic heterocycles. The van der Waals surface area contributed by atoms with E-state index in [0.717, 1.165) is 22.8 Å². The number of aryl methyl sites for hydroxylation is 2. The molecule has 2 rings (SSSR count). The molecule has 0 spiro atoms. The van der Waals surface area contributed by atoms with Crippen LogP contribution >= 0.6 is 0 Å². The molecule has 106 valence electrons. The molecule has 0 fully saturated rings. The third-order valence-electron chi connectivity index (χ3n) is 2.75. The van der Waals surface area contributed by atoms with Gasteiger partial charge < -0.3 is 8.84 Å². The molecule has 1 aromatic carbocycles. The first-order valence-electron chi connectivity index (χ1n) is 6.73. The van der Waals surface area contributed by atoms with Gasteiger partial charge in [-0.05, 0) is 62.8 Å². The molecule has 0 atom stereocenters. The molecule has 20 heavy (non-hydrogen) atoms. The topological polar surface area (TPSA) is 34.7 Å². The van der Waals surface area contributed by atoms with E-state index in [-0.39, 0.29) is 0 Å². The Morgan fingerprint density at radius 2 is 1.90 bits per heavy atom. The van der Waals surface area contributed by atoms with Gasteiger partial charge in [0.25, 0.3) is 0 Å². The van der Waals surface area contributed by atoms with E-state index in [1.54, 1.807) is 12.5 Å². The van der Waals surface area contributed by atoms with Crippen LogP contribution in [0.1, 0.15) is 16.9 Å². The number of hydrogen-bond donors (Lipinski definition) is 0. The van der Waals surface area contributed by atoms with E-state index in [4.69, 9.17) is 8.84 Å². The third kappa shape index (κ3) is 3.84. The van der Waals surface area contributed by atoms with Crippen molar-refractivity contribution in [3.63, 3.8) is 0 Å². The molecule has 0 amide bonds. The number of rotatable bonds is 4. The SMILES string of the molecule is Cc1ccc(N=Cc2occc2C)c(O[Si](C)(C)C)c1. The van der Waals surface area contributed by atoms with E-state index in [0.29, 0.717) is 0 Å². The molecule has 4 heteroatoms.